The van der Waals surface area contributed by atoms with Crippen molar-refractivity contribution < 1.29 is 22.8 Å². The summed E-state index contributed by atoms with van der Waals surface area (Å²) < 4.78 is 38.0. The van der Waals surface area contributed by atoms with Gasteiger partial charge in [0.05, 0.1) is 22.5 Å². The summed E-state index contributed by atoms with van der Waals surface area (Å²) in [6.07, 6.45) is 3.17. The van der Waals surface area contributed by atoms with Crippen molar-refractivity contribution in [2.24, 2.45) is 4.99 Å². The predicted octanol–water partition coefficient (Wildman–Crippen LogP) is 0.624. The lowest BCUT2D eigenvalue weighted by Gasteiger charge is -2.13. The van der Waals surface area contributed by atoms with Crippen LogP contribution in [-0.2, 0) is 19.5 Å². The van der Waals surface area contributed by atoms with Gasteiger partial charge in [-0.1, -0.05) is 6.07 Å². The van der Waals surface area contributed by atoms with E-state index in [1.54, 1.807) is 7.05 Å². The molecule has 0 radical (unpaired) electrons. The van der Waals surface area contributed by atoms with Crippen molar-refractivity contribution in [3.63, 3.8) is 0 Å². The van der Waals surface area contributed by atoms with Crippen LogP contribution in [0, 0.1) is 10.1 Å². The molecule has 12 heteroatoms. The second kappa shape index (κ2) is 12.4. The lowest BCUT2D eigenvalue weighted by Crippen LogP contribution is -2.42. The second-order valence-electron chi connectivity index (χ2n) is 6.64. The minimum atomic E-state index is -3.84. The van der Waals surface area contributed by atoms with Gasteiger partial charge in [0.25, 0.3) is 5.69 Å². The molecule has 1 unspecified atom stereocenters. The average molecular weight is 444 g/mol. The number of benzene rings is 1. The SMILES string of the molecule is CN=C(NCCCOCC1CCCO1)NCCNS(=O)(=O)c1cccc([N+](=O)[O-])c1. The summed E-state index contributed by atoms with van der Waals surface area (Å²) >= 11 is 0. The molecule has 3 N–H and O–H groups in total. The van der Waals surface area contributed by atoms with Gasteiger partial charge in [0.2, 0.25) is 10.0 Å². The van der Waals surface area contributed by atoms with Crippen molar-refractivity contribution >= 4 is 21.7 Å². The first kappa shape index (κ1) is 24.0. The monoisotopic (exact) mass is 443 g/mol. The van der Waals surface area contributed by atoms with Crippen molar-refractivity contribution in [3.8, 4) is 0 Å². The van der Waals surface area contributed by atoms with E-state index in [1.807, 2.05) is 0 Å². The van der Waals surface area contributed by atoms with Crippen LogP contribution in [0.2, 0.25) is 0 Å². The van der Waals surface area contributed by atoms with E-state index in [9.17, 15) is 18.5 Å². The van der Waals surface area contributed by atoms with Crippen molar-refractivity contribution in [2.75, 3.05) is 46.5 Å². The topological polar surface area (TPSA) is 144 Å². The van der Waals surface area contributed by atoms with Crippen LogP contribution in [-0.4, -0.2) is 71.9 Å². The van der Waals surface area contributed by atoms with Crippen molar-refractivity contribution in [1.29, 1.82) is 0 Å². The molecule has 1 heterocycles. The van der Waals surface area contributed by atoms with Gasteiger partial charge in [0.15, 0.2) is 5.96 Å². The molecule has 0 amide bonds. The van der Waals surface area contributed by atoms with E-state index in [1.165, 1.54) is 18.2 Å². The van der Waals surface area contributed by atoms with Gasteiger partial charge in [0, 0.05) is 52.0 Å². The summed E-state index contributed by atoms with van der Waals surface area (Å²) in [5, 5.41) is 16.9. The molecule has 168 valence electrons. The molecular weight excluding hydrogens is 414 g/mol. The maximum Gasteiger partial charge on any atom is 0.270 e. The molecule has 1 aliphatic rings. The highest BCUT2D eigenvalue weighted by molar-refractivity contribution is 7.89. The molecule has 0 aliphatic carbocycles. The van der Waals surface area contributed by atoms with E-state index in [0.29, 0.717) is 32.3 Å². The van der Waals surface area contributed by atoms with Crippen LogP contribution in [0.15, 0.2) is 34.2 Å². The zero-order valence-corrected chi connectivity index (χ0v) is 17.8. The number of non-ortho nitro benzene ring substituents is 1. The van der Waals surface area contributed by atoms with Crippen molar-refractivity contribution in [1.82, 2.24) is 15.4 Å². The normalized spacial score (nSPS) is 17.1. The lowest BCUT2D eigenvalue weighted by molar-refractivity contribution is -0.385. The van der Waals surface area contributed by atoms with Crippen LogP contribution in [0.4, 0.5) is 5.69 Å². The molecule has 0 spiro atoms. The van der Waals surface area contributed by atoms with E-state index in [0.717, 1.165) is 31.9 Å². The van der Waals surface area contributed by atoms with Crippen molar-refractivity contribution in [2.45, 2.75) is 30.3 Å². The average Bonchev–Trinajstić information content (AvgIpc) is 3.25. The number of nitro groups is 1. The zero-order valence-electron chi connectivity index (χ0n) is 17.0. The minimum Gasteiger partial charge on any atom is -0.379 e. The Kier molecular flexibility index (Phi) is 9.94. The van der Waals surface area contributed by atoms with Gasteiger partial charge < -0.3 is 20.1 Å². The third-order valence-electron chi connectivity index (χ3n) is 4.36. The van der Waals surface area contributed by atoms with Crippen molar-refractivity contribution in [3.05, 3.63) is 34.4 Å². The molecule has 0 saturated carbocycles. The Morgan fingerprint density at radius 2 is 2.13 bits per heavy atom. The van der Waals surface area contributed by atoms with Gasteiger partial charge in [-0.15, -0.1) is 0 Å². The Labute approximate surface area is 176 Å². The number of sulfonamides is 1. The number of nitrogens with zero attached hydrogens (tertiary/aromatic N) is 2. The molecule has 11 nitrogen and oxygen atoms in total. The largest absolute Gasteiger partial charge is 0.379 e. The number of ether oxygens (including phenoxy) is 2. The molecule has 0 bridgehead atoms. The summed E-state index contributed by atoms with van der Waals surface area (Å²) in [5.41, 5.74) is -0.277. The summed E-state index contributed by atoms with van der Waals surface area (Å²) in [5.74, 6) is 0.545. The third kappa shape index (κ3) is 8.22. The quantitative estimate of drug-likeness (QED) is 0.140. The number of nitro benzene ring substituents is 1. The second-order valence-corrected chi connectivity index (χ2v) is 8.41. The van der Waals surface area contributed by atoms with Gasteiger partial charge in [-0.2, -0.15) is 0 Å². The van der Waals surface area contributed by atoms with E-state index in [-0.39, 0.29) is 23.2 Å². The molecule has 1 aromatic rings. The van der Waals surface area contributed by atoms with Crippen LogP contribution in [0.25, 0.3) is 0 Å². The molecule has 1 fully saturated rings. The summed E-state index contributed by atoms with van der Waals surface area (Å²) in [7, 11) is -2.22. The summed E-state index contributed by atoms with van der Waals surface area (Å²) in [4.78, 5) is 14.1. The molecule has 1 aliphatic heterocycles. The van der Waals surface area contributed by atoms with Gasteiger partial charge in [0.1, 0.15) is 0 Å². The standard InChI is InChI=1S/C18H29N5O6S/c1-19-18(20-8-4-11-28-14-16-6-3-12-29-16)21-9-10-22-30(26,27)17-7-2-5-15(13-17)23(24)25/h2,5,7,13,16,22H,3-4,6,8-12,14H2,1H3,(H2,19,20,21). The summed E-state index contributed by atoms with van der Waals surface area (Å²) in [6, 6.07) is 4.91. The smallest absolute Gasteiger partial charge is 0.270 e. The highest BCUT2D eigenvalue weighted by Gasteiger charge is 2.17. The molecular formula is C18H29N5O6S. The number of nitrogens with one attached hydrogen (secondary N) is 3. The Morgan fingerprint density at radius 1 is 1.33 bits per heavy atom. The van der Waals surface area contributed by atoms with Crippen LogP contribution in [0.1, 0.15) is 19.3 Å². The molecule has 30 heavy (non-hydrogen) atoms. The Balaban J connectivity index is 1.62. The highest BCUT2D eigenvalue weighted by atomic mass is 32.2. The van der Waals surface area contributed by atoms with E-state index >= 15 is 0 Å². The number of aliphatic imine (C=N–C) groups is 1. The van der Waals surface area contributed by atoms with Gasteiger partial charge in [-0.25, -0.2) is 13.1 Å². The molecule has 1 saturated heterocycles. The van der Waals surface area contributed by atoms with E-state index in [4.69, 9.17) is 9.47 Å². The third-order valence-corrected chi connectivity index (χ3v) is 5.82. The molecule has 2 rings (SSSR count). The number of guanidine groups is 1. The summed E-state index contributed by atoms with van der Waals surface area (Å²) in [6.45, 7) is 3.10. The van der Waals surface area contributed by atoms with E-state index in [2.05, 4.69) is 20.3 Å². The van der Waals surface area contributed by atoms with Crippen LogP contribution < -0.4 is 15.4 Å². The Hall–Kier alpha value is -2.28. The zero-order chi connectivity index (χ0) is 21.8. The van der Waals surface area contributed by atoms with Crippen LogP contribution in [0.3, 0.4) is 0 Å². The Bertz CT molecular complexity index is 811. The first-order valence-electron chi connectivity index (χ1n) is 9.80. The fourth-order valence-electron chi connectivity index (χ4n) is 2.81. The van der Waals surface area contributed by atoms with Gasteiger partial charge in [-0.05, 0) is 25.3 Å². The molecule has 1 atom stereocenters. The molecule has 0 aromatic heterocycles. The molecule has 1 aromatic carbocycles. The highest BCUT2D eigenvalue weighted by Crippen LogP contribution is 2.16. The van der Waals surface area contributed by atoms with Crippen LogP contribution in [0.5, 0.6) is 0 Å². The predicted molar refractivity (Wildman–Crippen MR) is 112 cm³/mol. The maximum absolute atomic E-state index is 12.3. The van der Waals surface area contributed by atoms with Crippen LogP contribution >= 0.6 is 0 Å². The fraction of sp³-hybridized carbons (Fsp3) is 0.611. The Morgan fingerprint density at radius 3 is 2.83 bits per heavy atom. The lowest BCUT2D eigenvalue weighted by atomic mass is 10.2. The number of hydrogen-bond donors (Lipinski definition) is 3. The number of rotatable bonds is 12. The fourth-order valence-corrected chi connectivity index (χ4v) is 3.88. The van der Waals surface area contributed by atoms with E-state index < -0.39 is 14.9 Å². The minimum absolute atomic E-state index is 0.0935. The first-order valence-corrected chi connectivity index (χ1v) is 11.3. The van der Waals surface area contributed by atoms with Gasteiger partial charge >= 0.3 is 0 Å². The van der Waals surface area contributed by atoms with Gasteiger partial charge in [-0.3, -0.25) is 15.1 Å². The number of hydrogen-bond acceptors (Lipinski definition) is 7. The first-order chi connectivity index (χ1) is 14.4. The maximum atomic E-state index is 12.3.